The van der Waals surface area contributed by atoms with Crippen LogP contribution in [0.25, 0.3) is 0 Å². The highest BCUT2D eigenvalue weighted by Gasteiger charge is 2.23. The summed E-state index contributed by atoms with van der Waals surface area (Å²) in [6, 6.07) is 1.29. The van der Waals surface area contributed by atoms with Crippen LogP contribution in [0.1, 0.15) is 33.6 Å². The van der Waals surface area contributed by atoms with Crippen LogP contribution in [0.5, 0.6) is 0 Å². The Labute approximate surface area is 101 Å². The molecule has 0 bridgehead atoms. The number of methoxy groups -OCH3 is 1. The molecule has 0 amide bonds. The first-order valence-electron chi connectivity index (χ1n) is 6.61. The van der Waals surface area contributed by atoms with E-state index >= 15 is 0 Å². The van der Waals surface area contributed by atoms with E-state index in [1.165, 1.54) is 19.5 Å². The molecule has 1 N–H and O–H groups in total. The summed E-state index contributed by atoms with van der Waals surface area (Å²) in [5, 5.41) is 3.65. The van der Waals surface area contributed by atoms with Gasteiger partial charge in [-0.1, -0.05) is 13.8 Å². The topological polar surface area (TPSA) is 24.5 Å². The fourth-order valence-electron chi connectivity index (χ4n) is 2.30. The van der Waals surface area contributed by atoms with Gasteiger partial charge in [0.15, 0.2) is 0 Å². The van der Waals surface area contributed by atoms with Crippen LogP contribution in [0.2, 0.25) is 0 Å². The van der Waals surface area contributed by atoms with Gasteiger partial charge in [0.05, 0.1) is 0 Å². The lowest BCUT2D eigenvalue weighted by atomic mass is 10.0. The number of hydrogen-bond donors (Lipinski definition) is 1. The largest absolute Gasteiger partial charge is 0.385 e. The van der Waals surface area contributed by atoms with Crippen molar-refractivity contribution in [3.8, 4) is 0 Å². The van der Waals surface area contributed by atoms with Crippen LogP contribution in [0.3, 0.4) is 0 Å². The lowest BCUT2D eigenvalue weighted by molar-refractivity contribution is 0.132. The fourth-order valence-corrected chi connectivity index (χ4v) is 2.30. The van der Waals surface area contributed by atoms with Crippen LogP contribution >= 0.6 is 0 Å². The Balaban J connectivity index is 2.44. The van der Waals surface area contributed by atoms with E-state index in [-0.39, 0.29) is 0 Å². The van der Waals surface area contributed by atoms with E-state index in [0.717, 1.165) is 25.5 Å². The Hall–Kier alpha value is -0.120. The Kier molecular flexibility index (Phi) is 6.32. The zero-order chi connectivity index (χ0) is 12.0. The van der Waals surface area contributed by atoms with Crippen molar-refractivity contribution in [2.45, 2.75) is 45.7 Å². The van der Waals surface area contributed by atoms with E-state index in [1.807, 2.05) is 0 Å². The highest BCUT2D eigenvalue weighted by molar-refractivity contribution is 4.81. The normalized spacial score (nSPS) is 25.7. The van der Waals surface area contributed by atoms with Crippen LogP contribution < -0.4 is 5.32 Å². The Morgan fingerprint density at radius 2 is 2.12 bits per heavy atom. The minimum Gasteiger partial charge on any atom is -0.385 e. The van der Waals surface area contributed by atoms with Gasteiger partial charge in [-0.05, 0) is 38.8 Å². The van der Waals surface area contributed by atoms with E-state index in [9.17, 15) is 0 Å². The van der Waals surface area contributed by atoms with Crippen molar-refractivity contribution < 1.29 is 4.74 Å². The Bertz CT molecular complexity index is 185. The van der Waals surface area contributed by atoms with Crippen molar-refractivity contribution in [3.05, 3.63) is 0 Å². The number of nitrogens with zero attached hydrogens (tertiary/aromatic N) is 1. The van der Waals surface area contributed by atoms with Gasteiger partial charge in [-0.15, -0.1) is 0 Å². The maximum Gasteiger partial charge on any atom is 0.0477 e. The van der Waals surface area contributed by atoms with Crippen molar-refractivity contribution >= 4 is 0 Å². The minimum atomic E-state index is 0.640. The first-order chi connectivity index (χ1) is 7.65. The van der Waals surface area contributed by atoms with Gasteiger partial charge in [0, 0.05) is 32.3 Å². The van der Waals surface area contributed by atoms with Crippen molar-refractivity contribution in [2.24, 2.45) is 5.92 Å². The highest BCUT2D eigenvalue weighted by atomic mass is 16.5. The van der Waals surface area contributed by atoms with Gasteiger partial charge in [0.25, 0.3) is 0 Å². The van der Waals surface area contributed by atoms with Gasteiger partial charge in [0.1, 0.15) is 0 Å². The maximum atomic E-state index is 5.17. The molecule has 0 saturated carbocycles. The summed E-state index contributed by atoms with van der Waals surface area (Å²) in [5.74, 6) is 0.718. The zero-order valence-corrected chi connectivity index (χ0v) is 11.3. The third kappa shape index (κ3) is 4.40. The average molecular weight is 228 g/mol. The van der Waals surface area contributed by atoms with Gasteiger partial charge in [-0.3, -0.25) is 4.90 Å². The van der Waals surface area contributed by atoms with Crippen molar-refractivity contribution in [3.63, 3.8) is 0 Å². The molecule has 3 heteroatoms. The average Bonchev–Trinajstić information content (AvgIpc) is 2.51. The summed E-state index contributed by atoms with van der Waals surface area (Å²) >= 11 is 0. The summed E-state index contributed by atoms with van der Waals surface area (Å²) in [4.78, 5) is 2.61. The molecule has 1 saturated heterocycles. The quantitative estimate of drug-likeness (QED) is 0.775. The molecule has 1 aliphatic rings. The number of nitrogens with one attached hydrogen (secondary N) is 1. The molecule has 0 aromatic carbocycles. The van der Waals surface area contributed by atoms with E-state index in [1.54, 1.807) is 7.11 Å². The summed E-state index contributed by atoms with van der Waals surface area (Å²) in [6.07, 6.45) is 2.40. The molecule has 0 spiro atoms. The monoisotopic (exact) mass is 228 g/mol. The zero-order valence-electron chi connectivity index (χ0n) is 11.3. The molecule has 1 rings (SSSR count). The van der Waals surface area contributed by atoms with E-state index in [4.69, 9.17) is 4.74 Å². The van der Waals surface area contributed by atoms with Crippen molar-refractivity contribution in [1.29, 1.82) is 0 Å². The molecule has 96 valence electrons. The van der Waals surface area contributed by atoms with Crippen molar-refractivity contribution in [1.82, 2.24) is 10.2 Å². The molecule has 16 heavy (non-hydrogen) atoms. The number of rotatable bonds is 5. The van der Waals surface area contributed by atoms with Gasteiger partial charge >= 0.3 is 0 Å². The van der Waals surface area contributed by atoms with Crippen LogP contribution in [0.4, 0.5) is 0 Å². The first kappa shape index (κ1) is 13.9. The molecule has 3 nitrogen and oxygen atoms in total. The predicted molar refractivity (Wildman–Crippen MR) is 68.8 cm³/mol. The van der Waals surface area contributed by atoms with Crippen LogP contribution in [0, 0.1) is 5.92 Å². The maximum absolute atomic E-state index is 5.17. The SMILES string of the molecule is COCCC(C)N1CCCNC(C(C)C)C1. The minimum absolute atomic E-state index is 0.640. The molecular formula is C13H28N2O. The summed E-state index contributed by atoms with van der Waals surface area (Å²) in [6.45, 7) is 11.4. The second-order valence-corrected chi connectivity index (χ2v) is 5.28. The number of hydrogen-bond acceptors (Lipinski definition) is 3. The molecule has 0 aromatic rings. The molecular weight excluding hydrogens is 200 g/mol. The lowest BCUT2D eigenvalue weighted by Crippen LogP contribution is -2.44. The van der Waals surface area contributed by atoms with E-state index < -0.39 is 0 Å². The smallest absolute Gasteiger partial charge is 0.0477 e. The third-order valence-corrected chi connectivity index (χ3v) is 3.63. The second kappa shape index (κ2) is 7.25. The van der Waals surface area contributed by atoms with Crippen LogP contribution in [-0.2, 0) is 4.74 Å². The summed E-state index contributed by atoms with van der Waals surface area (Å²) in [7, 11) is 1.79. The lowest BCUT2D eigenvalue weighted by Gasteiger charge is -2.31. The standard InChI is InChI=1S/C13H28N2O/c1-11(2)13-10-15(8-5-7-14-13)12(3)6-9-16-4/h11-14H,5-10H2,1-4H3. The molecule has 2 unspecified atom stereocenters. The predicted octanol–water partition coefficient (Wildman–Crippen LogP) is 1.73. The Morgan fingerprint density at radius 3 is 2.75 bits per heavy atom. The van der Waals surface area contributed by atoms with Gasteiger partial charge in [-0.2, -0.15) is 0 Å². The molecule has 1 heterocycles. The van der Waals surface area contributed by atoms with Gasteiger partial charge < -0.3 is 10.1 Å². The first-order valence-corrected chi connectivity index (χ1v) is 6.61. The fraction of sp³-hybridized carbons (Fsp3) is 1.00. The Morgan fingerprint density at radius 1 is 1.38 bits per heavy atom. The van der Waals surface area contributed by atoms with E-state index in [0.29, 0.717) is 12.1 Å². The molecule has 0 aromatic heterocycles. The van der Waals surface area contributed by atoms with Crippen molar-refractivity contribution in [2.75, 3.05) is 33.4 Å². The van der Waals surface area contributed by atoms with Gasteiger partial charge in [0.2, 0.25) is 0 Å². The highest BCUT2D eigenvalue weighted by Crippen LogP contribution is 2.13. The summed E-state index contributed by atoms with van der Waals surface area (Å²) < 4.78 is 5.17. The molecule has 0 aliphatic carbocycles. The molecule has 1 aliphatic heterocycles. The second-order valence-electron chi connectivity index (χ2n) is 5.28. The molecule has 2 atom stereocenters. The van der Waals surface area contributed by atoms with Gasteiger partial charge in [-0.25, -0.2) is 0 Å². The molecule has 0 radical (unpaired) electrons. The van der Waals surface area contributed by atoms with Crippen LogP contribution in [-0.4, -0.2) is 50.3 Å². The molecule has 1 fully saturated rings. The van der Waals surface area contributed by atoms with E-state index in [2.05, 4.69) is 31.0 Å². The number of ether oxygens (including phenoxy) is 1. The summed E-state index contributed by atoms with van der Waals surface area (Å²) in [5.41, 5.74) is 0. The van der Waals surface area contributed by atoms with Crippen LogP contribution in [0.15, 0.2) is 0 Å². The third-order valence-electron chi connectivity index (χ3n) is 3.63.